The van der Waals surface area contributed by atoms with E-state index < -0.39 is 52.1 Å². The predicted molar refractivity (Wildman–Crippen MR) is 90.6 cm³/mol. The Kier molecular flexibility index (Phi) is 5.43. The first-order valence-electron chi connectivity index (χ1n) is 7.82. The Balaban J connectivity index is 1.66. The first-order valence-corrected chi connectivity index (χ1v) is 7.82. The Hall–Kier alpha value is -3.96. The lowest BCUT2D eigenvalue weighted by Gasteiger charge is -2.06. The lowest BCUT2D eigenvalue weighted by atomic mass is 10.2. The molecule has 8 nitrogen and oxygen atoms in total. The molecule has 0 unspecified atom stereocenters. The summed E-state index contributed by atoms with van der Waals surface area (Å²) in [4.78, 5) is 21.6. The van der Waals surface area contributed by atoms with Crippen LogP contribution in [0.3, 0.4) is 0 Å². The van der Waals surface area contributed by atoms with Gasteiger partial charge in [0.2, 0.25) is 5.91 Å². The zero-order valence-corrected chi connectivity index (χ0v) is 14.2. The SMILES string of the molecule is O=C(/C=C/c1ccc([N+](=O)[O-])o1)Nc1cnn(Cc2c(F)cc(F)c(F)c2F)c1. The van der Waals surface area contributed by atoms with Crippen molar-refractivity contribution < 1.29 is 31.7 Å². The number of hydrogen-bond acceptors (Lipinski definition) is 5. The summed E-state index contributed by atoms with van der Waals surface area (Å²) in [6, 6.07) is 2.65. The lowest BCUT2D eigenvalue weighted by molar-refractivity contribution is -0.402. The second-order valence-electron chi connectivity index (χ2n) is 5.63. The van der Waals surface area contributed by atoms with Gasteiger partial charge in [-0.2, -0.15) is 5.10 Å². The standard InChI is InChI=1S/C17H10F4N4O4/c18-12-5-13(19)17(21)16(20)11(12)8-24-7-9(6-22-24)23-14(26)3-1-10-2-4-15(29-10)25(27)28/h1-7H,8H2,(H,23,26)/b3-1+. The molecule has 12 heteroatoms. The second kappa shape index (κ2) is 7.96. The van der Waals surface area contributed by atoms with Crippen LogP contribution in [0.2, 0.25) is 0 Å². The van der Waals surface area contributed by atoms with E-state index in [0.29, 0.717) is 0 Å². The van der Waals surface area contributed by atoms with Gasteiger partial charge in [0.1, 0.15) is 16.5 Å². The number of rotatable bonds is 6. The molecule has 150 valence electrons. The number of nitrogens with zero attached hydrogens (tertiary/aromatic N) is 3. The molecule has 0 spiro atoms. The van der Waals surface area contributed by atoms with Gasteiger partial charge in [-0.15, -0.1) is 0 Å². The number of anilines is 1. The van der Waals surface area contributed by atoms with Crippen molar-refractivity contribution in [1.82, 2.24) is 9.78 Å². The Bertz CT molecular complexity index is 1120. The van der Waals surface area contributed by atoms with E-state index >= 15 is 0 Å². The Morgan fingerprint density at radius 3 is 2.69 bits per heavy atom. The predicted octanol–water partition coefficient (Wildman–Crippen LogP) is 3.64. The fourth-order valence-electron chi connectivity index (χ4n) is 2.30. The van der Waals surface area contributed by atoms with Crippen LogP contribution in [0.5, 0.6) is 0 Å². The van der Waals surface area contributed by atoms with Crippen LogP contribution in [0.1, 0.15) is 11.3 Å². The monoisotopic (exact) mass is 410 g/mol. The number of hydrogen-bond donors (Lipinski definition) is 1. The van der Waals surface area contributed by atoms with Crippen LogP contribution in [0, 0.1) is 33.4 Å². The molecule has 0 aliphatic heterocycles. The van der Waals surface area contributed by atoms with Crippen molar-refractivity contribution in [3.8, 4) is 0 Å². The molecule has 0 radical (unpaired) electrons. The van der Waals surface area contributed by atoms with Gasteiger partial charge in [-0.3, -0.25) is 19.6 Å². The fraction of sp³-hybridized carbons (Fsp3) is 0.0588. The molecule has 1 N–H and O–H groups in total. The highest BCUT2D eigenvalue weighted by Gasteiger charge is 2.19. The Morgan fingerprint density at radius 2 is 2.00 bits per heavy atom. The third-order valence-corrected chi connectivity index (χ3v) is 3.62. The number of aromatic nitrogens is 2. The summed E-state index contributed by atoms with van der Waals surface area (Å²) in [5.74, 6) is -7.45. The number of benzene rings is 1. The number of nitrogens with one attached hydrogen (secondary N) is 1. The zero-order chi connectivity index (χ0) is 21.1. The van der Waals surface area contributed by atoms with Gasteiger partial charge in [0.15, 0.2) is 17.5 Å². The van der Waals surface area contributed by atoms with Crippen LogP contribution < -0.4 is 5.32 Å². The molecule has 0 bridgehead atoms. The number of nitro groups is 1. The molecule has 29 heavy (non-hydrogen) atoms. The van der Waals surface area contributed by atoms with Gasteiger partial charge in [-0.05, 0) is 12.1 Å². The van der Waals surface area contributed by atoms with Crippen molar-refractivity contribution in [2.24, 2.45) is 0 Å². The van der Waals surface area contributed by atoms with E-state index in [4.69, 9.17) is 4.42 Å². The van der Waals surface area contributed by atoms with Crippen LogP contribution in [0.25, 0.3) is 6.08 Å². The van der Waals surface area contributed by atoms with E-state index in [2.05, 4.69) is 10.4 Å². The highest BCUT2D eigenvalue weighted by molar-refractivity contribution is 6.01. The Labute approximate surface area is 159 Å². The summed E-state index contributed by atoms with van der Waals surface area (Å²) >= 11 is 0. The molecule has 3 aromatic rings. The molecule has 3 rings (SSSR count). The number of carbonyl (C=O) groups excluding carboxylic acids is 1. The molecule has 1 amide bonds. The van der Waals surface area contributed by atoms with Crippen molar-refractivity contribution in [3.05, 3.63) is 81.4 Å². The average Bonchev–Trinajstić information content (AvgIpc) is 3.31. The van der Waals surface area contributed by atoms with Gasteiger partial charge in [0, 0.05) is 23.9 Å². The topological polar surface area (TPSA) is 103 Å². The number of furan rings is 1. The second-order valence-corrected chi connectivity index (χ2v) is 5.63. The third kappa shape index (κ3) is 4.48. The van der Waals surface area contributed by atoms with Crippen LogP contribution in [-0.4, -0.2) is 20.6 Å². The van der Waals surface area contributed by atoms with Gasteiger partial charge < -0.3 is 9.73 Å². The summed E-state index contributed by atoms with van der Waals surface area (Å²) in [6.07, 6.45) is 4.61. The van der Waals surface area contributed by atoms with Crippen molar-refractivity contribution in [1.29, 1.82) is 0 Å². The fourth-order valence-corrected chi connectivity index (χ4v) is 2.30. The molecule has 0 aliphatic rings. The van der Waals surface area contributed by atoms with E-state index in [9.17, 15) is 32.5 Å². The van der Waals surface area contributed by atoms with E-state index in [-0.39, 0.29) is 17.5 Å². The van der Waals surface area contributed by atoms with E-state index in [1.165, 1.54) is 24.5 Å². The molecule has 0 fully saturated rings. The highest BCUT2D eigenvalue weighted by Crippen LogP contribution is 2.21. The molecule has 2 aromatic heterocycles. The maximum atomic E-state index is 13.7. The quantitative estimate of drug-likeness (QED) is 0.167. The minimum absolute atomic E-state index is 0.0758. The molecule has 2 heterocycles. The third-order valence-electron chi connectivity index (χ3n) is 3.62. The summed E-state index contributed by atoms with van der Waals surface area (Å²) in [7, 11) is 0. The normalized spacial score (nSPS) is 11.2. The average molecular weight is 410 g/mol. The first-order chi connectivity index (χ1) is 13.7. The Morgan fingerprint density at radius 1 is 1.24 bits per heavy atom. The van der Waals surface area contributed by atoms with Crippen molar-refractivity contribution in [2.45, 2.75) is 6.54 Å². The number of amides is 1. The smallest absolute Gasteiger partial charge is 0.401 e. The maximum absolute atomic E-state index is 13.7. The number of halogens is 4. The minimum Gasteiger partial charge on any atom is -0.401 e. The van der Waals surface area contributed by atoms with Crippen molar-refractivity contribution >= 4 is 23.6 Å². The molecular weight excluding hydrogens is 400 g/mol. The molecule has 0 saturated carbocycles. The van der Waals surface area contributed by atoms with Crippen LogP contribution in [-0.2, 0) is 11.3 Å². The minimum atomic E-state index is -1.80. The van der Waals surface area contributed by atoms with Gasteiger partial charge >= 0.3 is 5.88 Å². The number of carbonyl (C=O) groups is 1. The summed E-state index contributed by atoms with van der Waals surface area (Å²) in [5, 5.41) is 16.7. The molecule has 0 atom stereocenters. The van der Waals surface area contributed by atoms with Gasteiger partial charge in [0.05, 0.1) is 24.5 Å². The maximum Gasteiger partial charge on any atom is 0.433 e. The van der Waals surface area contributed by atoms with Gasteiger partial charge in [0.25, 0.3) is 0 Å². The van der Waals surface area contributed by atoms with Crippen LogP contribution in [0.15, 0.2) is 41.1 Å². The highest BCUT2D eigenvalue weighted by atomic mass is 19.2. The zero-order valence-electron chi connectivity index (χ0n) is 14.2. The van der Waals surface area contributed by atoms with Crippen molar-refractivity contribution in [3.63, 3.8) is 0 Å². The summed E-state index contributed by atoms with van der Waals surface area (Å²) in [5.41, 5.74) is -0.585. The lowest BCUT2D eigenvalue weighted by Crippen LogP contribution is -2.09. The van der Waals surface area contributed by atoms with Gasteiger partial charge in [-0.1, -0.05) is 0 Å². The van der Waals surface area contributed by atoms with E-state index in [0.717, 1.165) is 16.8 Å². The molecule has 1 aromatic carbocycles. The largest absolute Gasteiger partial charge is 0.433 e. The first kappa shape index (κ1) is 19.8. The van der Waals surface area contributed by atoms with E-state index in [1.807, 2.05) is 0 Å². The molecule has 0 saturated heterocycles. The molecule has 0 aliphatic carbocycles. The van der Waals surface area contributed by atoms with Crippen molar-refractivity contribution in [2.75, 3.05) is 5.32 Å². The van der Waals surface area contributed by atoms with E-state index in [1.54, 1.807) is 0 Å². The summed E-state index contributed by atoms with van der Waals surface area (Å²) < 4.78 is 59.5. The summed E-state index contributed by atoms with van der Waals surface area (Å²) in [6.45, 7) is -0.545. The van der Waals surface area contributed by atoms with Gasteiger partial charge in [-0.25, -0.2) is 17.6 Å². The molecular formula is C17H10F4N4O4. The van der Waals surface area contributed by atoms with Crippen LogP contribution >= 0.6 is 0 Å². The van der Waals surface area contributed by atoms with Crippen LogP contribution in [0.4, 0.5) is 29.1 Å².